The Morgan fingerprint density at radius 3 is 2.19 bits per heavy atom. The highest BCUT2D eigenvalue weighted by atomic mass is 32.2. The van der Waals surface area contributed by atoms with Gasteiger partial charge < -0.3 is 0 Å². The SMILES string of the molecule is C=C(/C=C\C(=C)C1=CC=C(CSC)CC1)CS.CC.CC. The van der Waals surface area contributed by atoms with Crippen LogP contribution in [0.4, 0.5) is 0 Å². The van der Waals surface area contributed by atoms with Gasteiger partial charge in [0.1, 0.15) is 0 Å². The second-order valence-electron chi connectivity index (χ2n) is 4.12. The first-order valence-corrected chi connectivity index (χ1v) is 9.73. The highest BCUT2D eigenvalue weighted by Gasteiger charge is 2.07. The van der Waals surface area contributed by atoms with Crippen molar-refractivity contribution in [2.24, 2.45) is 0 Å². The monoisotopic (exact) mass is 324 g/mol. The standard InChI is InChI=1S/C15H20S2.2C2H6/c1-12(10-16)4-5-13(2)15-8-6-14(7-9-15)11-17-3;2*1-2/h4-6,8,16H,1-2,7,9-11H2,3H3;2*1-2H3/b5-4-;;. The molecule has 0 heterocycles. The van der Waals surface area contributed by atoms with Crippen LogP contribution >= 0.6 is 24.4 Å². The van der Waals surface area contributed by atoms with Gasteiger partial charge in [-0.25, -0.2) is 0 Å². The lowest BCUT2D eigenvalue weighted by Gasteiger charge is -2.14. The molecule has 2 heteroatoms. The Morgan fingerprint density at radius 1 is 1.14 bits per heavy atom. The molecule has 0 fully saturated rings. The van der Waals surface area contributed by atoms with Crippen molar-refractivity contribution < 1.29 is 0 Å². The number of thioether (sulfide) groups is 1. The van der Waals surface area contributed by atoms with Crippen LogP contribution in [-0.4, -0.2) is 17.8 Å². The second kappa shape index (κ2) is 15.8. The lowest BCUT2D eigenvalue weighted by Crippen LogP contribution is -1.97. The molecule has 0 atom stereocenters. The lowest BCUT2D eigenvalue weighted by atomic mass is 9.94. The van der Waals surface area contributed by atoms with Gasteiger partial charge in [-0.1, -0.05) is 70.7 Å². The maximum Gasteiger partial charge on any atom is 0.0148 e. The summed E-state index contributed by atoms with van der Waals surface area (Å²) in [5, 5.41) is 0. The van der Waals surface area contributed by atoms with Gasteiger partial charge in [-0.05, 0) is 35.8 Å². The van der Waals surface area contributed by atoms with Crippen molar-refractivity contribution in [3.8, 4) is 0 Å². The number of rotatable bonds is 6. The van der Waals surface area contributed by atoms with Gasteiger partial charge in [0.2, 0.25) is 0 Å². The van der Waals surface area contributed by atoms with E-state index in [1.807, 2.05) is 51.6 Å². The van der Waals surface area contributed by atoms with Gasteiger partial charge in [-0.2, -0.15) is 24.4 Å². The average Bonchev–Trinajstić information content (AvgIpc) is 2.57. The maximum atomic E-state index is 4.17. The molecular weight excluding hydrogens is 292 g/mol. The molecule has 0 saturated carbocycles. The molecule has 0 aromatic carbocycles. The minimum absolute atomic E-state index is 0.695. The van der Waals surface area contributed by atoms with Gasteiger partial charge in [0.05, 0.1) is 0 Å². The van der Waals surface area contributed by atoms with Crippen molar-refractivity contribution in [1.82, 2.24) is 0 Å². The zero-order chi connectivity index (χ0) is 16.7. The van der Waals surface area contributed by atoms with Gasteiger partial charge in [0.25, 0.3) is 0 Å². The predicted molar refractivity (Wildman–Crippen MR) is 108 cm³/mol. The largest absolute Gasteiger partial charge is 0.175 e. The van der Waals surface area contributed by atoms with E-state index in [4.69, 9.17) is 0 Å². The van der Waals surface area contributed by atoms with Crippen molar-refractivity contribution in [2.75, 3.05) is 17.8 Å². The fraction of sp³-hybridized carbons (Fsp3) is 0.474. The van der Waals surface area contributed by atoms with E-state index < -0.39 is 0 Å². The molecule has 0 aromatic rings. The fourth-order valence-corrected chi connectivity index (χ4v) is 2.35. The van der Waals surface area contributed by atoms with Crippen LogP contribution < -0.4 is 0 Å². The Labute approximate surface area is 142 Å². The van der Waals surface area contributed by atoms with E-state index in [0.29, 0.717) is 5.75 Å². The predicted octanol–water partition coefficient (Wildman–Crippen LogP) is 6.65. The van der Waals surface area contributed by atoms with Crippen LogP contribution in [0.25, 0.3) is 0 Å². The summed E-state index contributed by atoms with van der Waals surface area (Å²) in [7, 11) is 0. The third kappa shape index (κ3) is 10.7. The minimum Gasteiger partial charge on any atom is -0.175 e. The van der Waals surface area contributed by atoms with Crippen LogP contribution in [-0.2, 0) is 0 Å². The van der Waals surface area contributed by atoms with E-state index in [0.717, 1.165) is 29.7 Å². The molecule has 1 rings (SSSR count). The molecule has 0 nitrogen and oxygen atoms in total. The molecule has 0 aliphatic heterocycles. The summed E-state index contributed by atoms with van der Waals surface area (Å²) in [5.74, 6) is 1.84. The van der Waals surface area contributed by atoms with E-state index in [-0.39, 0.29) is 0 Å². The third-order valence-corrected chi connectivity index (χ3v) is 3.77. The zero-order valence-electron chi connectivity index (χ0n) is 14.4. The lowest BCUT2D eigenvalue weighted by molar-refractivity contribution is 0.923. The molecule has 21 heavy (non-hydrogen) atoms. The fourth-order valence-electron chi connectivity index (χ4n) is 1.63. The van der Waals surface area contributed by atoms with Crippen molar-refractivity contribution >= 4 is 24.4 Å². The smallest absolute Gasteiger partial charge is 0.0148 e. The van der Waals surface area contributed by atoms with Gasteiger partial charge >= 0.3 is 0 Å². The summed E-state index contributed by atoms with van der Waals surface area (Å²) in [6, 6.07) is 0. The number of allylic oxidation sites excluding steroid dienone is 6. The van der Waals surface area contributed by atoms with E-state index >= 15 is 0 Å². The summed E-state index contributed by atoms with van der Waals surface area (Å²) in [6.07, 6.45) is 12.9. The second-order valence-corrected chi connectivity index (χ2v) is 5.31. The summed E-state index contributed by atoms with van der Waals surface area (Å²) in [5.41, 5.74) is 4.97. The van der Waals surface area contributed by atoms with Crippen LogP contribution in [0.1, 0.15) is 40.5 Å². The summed E-state index contributed by atoms with van der Waals surface area (Å²) in [6.45, 7) is 16.0. The molecular formula is C19H32S2. The van der Waals surface area contributed by atoms with E-state index in [1.54, 1.807) is 0 Å². The molecule has 1 aliphatic rings. The van der Waals surface area contributed by atoms with Crippen LogP contribution in [0.3, 0.4) is 0 Å². The summed E-state index contributed by atoms with van der Waals surface area (Å²) >= 11 is 6.05. The summed E-state index contributed by atoms with van der Waals surface area (Å²) < 4.78 is 0. The van der Waals surface area contributed by atoms with Crippen molar-refractivity contribution in [2.45, 2.75) is 40.5 Å². The van der Waals surface area contributed by atoms with Crippen LogP contribution in [0.5, 0.6) is 0 Å². The van der Waals surface area contributed by atoms with Gasteiger partial charge in [0, 0.05) is 11.5 Å². The Morgan fingerprint density at radius 2 is 1.76 bits per heavy atom. The van der Waals surface area contributed by atoms with E-state index in [2.05, 4.69) is 44.2 Å². The van der Waals surface area contributed by atoms with Gasteiger partial charge in [0.15, 0.2) is 0 Å². The Balaban J connectivity index is 0. The molecule has 1 aliphatic carbocycles. The zero-order valence-corrected chi connectivity index (χ0v) is 16.1. The molecule has 0 amide bonds. The van der Waals surface area contributed by atoms with Gasteiger partial charge in [-0.3, -0.25) is 0 Å². The quantitative estimate of drug-likeness (QED) is 0.421. The molecule has 0 aromatic heterocycles. The minimum atomic E-state index is 0.695. The van der Waals surface area contributed by atoms with Gasteiger partial charge in [-0.15, -0.1) is 0 Å². The van der Waals surface area contributed by atoms with E-state index in [9.17, 15) is 0 Å². The Kier molecular flexibility index (Phi) is 17.0. The molecule has 0 bridgehead atoms. The first-order valence-electron chi connectivity index (χ1n) is 7.71. The Bertz CT molecular complexity index is 384. The van der Waals surface area contributed by atoms with Crippen molar-refractivity contribution in [3.05, 3.63) is 59.8 Å². The highest BCUT2D eigenvalue weighted by Crippen LogP contribution is 2.25. The maximum absolute atomic E-state index is 4.17. The number of hydrogen-bond acceptors (Lipinski definition) is 2. The number of thiol groups is 1. The molecule has 0 spiro atoms. The van der Waals surface area contributed by atoms with Crippen molar-refractivity contribution in [3.63, 3.8) is 0 Å². The van der Waals surface area contributed by atoms with Crippen LogP contribution in [0.15, 0.2) is 59.8 Å². The normalized spacial score (nSPS) is 13.2. The Hall–Kier alpha value is -0.600. The highest BCUT2D eigenvalue weighted by molar-refractivity contribution is 7.98. The molecule has 0 radical (unpaired) electrons. The molecule has 0 unspecified atom stereocenters. The third-order valence-electron chi connectivity index (χ3n) is 2.70. The topological polar surface area (TPSA) is 0 Å². The first kappa shape index (κ1) is 22.7. The van der Waals surface area contributed by atoms with E-state index in [1.165, 1.54) is 11.1 Å². The molecule has 0 N–H and O–H groups in total. The summed E-state index contributed by atoms with van der Waals surface area (Å²) in [4.78, 5) is 0. The van der Waals surface area contributed by atoms with Crippen LogP contribution in [0.2, 0.25) is 0 Å². The van der Waals surface area contributed by atoms with Crippen LogP contribution in [0, 0.1) is 0 Å². The average molecular weight is 325 g/mol. The van der Waals surface area contributed by atoms with Crippen molar-refractivity contribution in [1.29, 1.82) is 0 Å². The number of hydrogen-bond donors (Lipinski definition) is 1. The first-order chi connectivity index (χ1) is 10.2. The molecule has 120 valence electrons. The molecule has 0 saturated heterocycles.